The quantitative estimate of drug-likeness (QED) is 0.338. The molecule has 0 aliphatic carbocycles. The molecule has 5 rings (SSSR count). The number of hydrogen-bond donors (Lipinski definition) is 0. The van der Waals surface area contributed by atoms with Gasteiger partial charge in [0.1, 0.15) is 11.5 Å². The lowest BCUT2D eigenvalue weighted by Crippen LogP contribution is -2.57. The Hall–Kier alpha value is -4.64. The number of benzene rings is 3. The van der Waals surface area contributed by atoms with Crippen LogP contribution in [0.15, 0.2) is 65.6 Å². The monoisotopic (exact) mass is 647 g/mol. The van der Waals surface area contributed by atoms with Gasteiger partial charge in [0.15, 0.2) is 11.8 Å². The summed E-state index contributed by atoms with van der Waals surface area (Å²) in [6.45, 7) is 0.796. The molecule has 1 saturated heterocycles. The molecule has 0 N–H and O–H groups in total. The summed E-state index contributed by atoms with van der Waals surface area (Å²) in [5.41, 5.74) is -0.0713. The molecule has 2 heterocycles. The average molecular weight is 648 g/mol. The van der Waals surface area contributed by atoms with Gasteiger partial charge >= 0.3 is 6.09 Å². The zero-order valence-electron chi connectivity index (χ0n) is 26.7. The second-order valence-corrected chi connectivity index (χ2v) is 13.4. The summed E-state index contributed by atoms with van der Waals surface area (Å²) in [5, 5.41) is 9.97. The highest BCUT2D eigenvalue weighted by Gasteiger charge is 2.63. The van der Waals surface area contributed by atoms with Crippen LogP contribution in [0, 0.1) is 11.3 Å². The van der Waals surface area contributed by atoms with Crippen molar-refractivity contribution in [3.8, 4) is 17.6 Å². The first-order valence-corrected chi connectivity index (χ1v) is 16.1. The Morgan fingerprint density at radius 1 is 1.00 bits per heavy atom. The Morgan fingerprint density at radius 2 is 1.72 bits per heavy atom. The van der Waals surface area contributed by atoms with Gasteiger partial charge in [0.05, 0.1) is 36.4 Å². The van der Waals surface area contributed by atoms with Gasteiger partial charge in [0.2, 0.25) is 0 Å². The molecule has 12 nitrogen and oxygen atoms in total. The SMILES string of the molecule is COc1ccc(S(=O)(=O)N2C(=O)C(c3cc(CN(C)C)ccc3OC)(N3CCC[C@@H]3OC(=O)N(C)C)c3cc(C#N)ccc32)cc1. The molecular formula is C33H37N5O7S. The van der Waals surface area contributed by atoms with E-state index in [2.05, 4.69) is 6.07 Å². The predicted octanol–water partition coefficient (Wildman–Crippen LogP) is 3.74. The van der Waals surface area contributed by atoms with Gasteiger partial charge in [-0.05, 0) is 87.1 Å². The molecule has 2 aliphatic rings. The van der Waals surface area contributed by atoms with Crippen molar-refractivity contribution in [2.24, 2.45) is 0 Å². The summed E-state index contributed by atoms with van der Waals surface area (Å²) in [7, 11) is 5.38. The molecule has 0 radical (unpaired) electrons. The van der Waals surface area contributed by atoms with Gasteiger partial charge in [-0.25, -0.2) is 22.4 Å². The number of carbonyl (C=O) groups excluding carboxylic acids is 2. The van der Waals surface area contributed by atoms with Crippen molar-refractivity contribution >= 4 is 27.7 Å². The molecule has 3 aromatic carbocycles. The maximum Gasteiger partial charge on any atom is 0.410 e. The van der Waals surface area contributed by atoms with Crippen LogP contribution in [0.1, 0.15) is 35.1 Å². The third kappa shape index (κ3) is 5.42. The Bertz CT molecular complexity index is 1800. The largest absolute Gasteiger partial charge is 0.497 e. The number of anilines is 1. The number of nitriles is 1. The number of rotatable bonds is 9. The molecule has 2 atom stereocenters. The predicted molar refractivity (Wildman–Crippen MR) is 170 cm³/mol. The number of methoxy groups -OCH3 is 2. The Morgan fingerprint density at radius 3 is 2.33 bits per heavy atom. The lowest BCUT2D eigenvalue weighted by molar-refractivity contribution is -0.132. The third-order valence-corrected chi connectivity index (χ3v) is 9.92. The van der Waals surface area contributed by atoms with Gasteiger partial charge in [0.25, 0.3) is 15.9 Å². The van der Waals surface area contributed by atoms with Crippen LogP contribution in [-0.2, 0) is 31.6 Å². The second-order valence-electron chi connectivity index (χ2n) is 11.6. The lowest BCUT2D eigenvalue weighted by atomic mass is 9.80. The van der Waals surface area contributed by atoms with E-state index >= 15 is 4.79 Å². The number of sulfonamides is 1. The van der Waals surface area contributed by atoms with Gasteiger partial charge < -0.3 is 24.0 Å². The number of likely N-dealkylation sites (tertiary alicyclic amines) is 1. The van der Waals surface area contributed by atoms with Crippen LogP contribution in [0.4, 0.5) is 10.5 Å². The molecule has 0 bridgehead atoms. The molecule has 0 spiro atoms. The first-order valence-electron chi connectivity index (χ1n) is 14.6. The van der Waals surface area contributed by atoms with Crippen molar-refractivity contribution < 1.29 is 32.2 Å². The number of nitrogens with zero attached hydrogens (tertiary/aromatic N) is 5. The summed E-state index contributed by atoms with van der Waals surface area (Å²) in [6, 6.07) is 17.8. The standard InChI is InChI=1S/C33H37N5O7S/c1-35(2)21-23-10-16-29(44-6)27(19-23)33(37-17-7-8-30(37)45-32(40)36(3)4)26-18-22(20-34)9-15-28(26)38(31(33)39)46(41,42)25-13-11-24(43-5)12-14-25/h9-16,18-19,30H,7-8,17,21H2,1-6H3/t30-,33?/m0/s1. The van der Waals surface area contributed by atoms with Crippen LogP contribution in [-0.4, -0.2) is 90.3 Å². The van der Waals surface area contributed by atoms with Crippen molar-refractivity contribution in [1.29, 1.82) is 5.26 Å². The van der Waals surface area contributed by atoms with Crippen LogP contribution < -0.4 is 13.8 Å². The van der Waals surface area contributed by atoms with Crippen molar-refractivity contribution in [2.45, 2.75) is 36.0 Å². The summed E-state index contributed by atoms with van der Waals surface area (Å²) in [6.07, 6.45) is -0.561. The normalized spacial score (nSPS) is 19.6. The van der Waals surface area contributed by atoms with Crippen molar-refractivity contribution in [2.75, 3.05) is 53.3 Å². The topological polar surface area (TPSA) is 133 Å². The average Bonchev–Trinajstić information content (AvgIpc) is 3.60. The molecular weight excluding hydrogens is 610 g/mol. The van der Waals surface area contributed by atoms with Gasteiger partial charge in [-0.2, -0.15) is 5.26 Å². The summed E-state index contributed by atoms with van der Waals surface area (Å²) < 4.78 is 46.7. The summed E-state index contributed by atoms with van der Waals surface area (Å²) in [5.74, 6) is -0.0240. The van der Waals surface area contributed by atoms with Crippen LogP contribution in [0.2, 0.25) is 0 Å². The number of carbonyl (C=O) groups is 2. The van der Waals surface area contributed by atoms with E-state index in [-0.39, 0.29) is 28.3 Å². The van der Waals surface area contributed by atoms with Gasteiger partial charge in [0, 0.05) is 38.3 Å². The number of fused-ring (bicyclic) bond motifs is 1. The fourth-order valence-corrected chi connectivity index (χ4v) is 7.65. The molecule has 3 aromatic rings. The molecule has 2 aliphatic heterocycles. The van der Waals surface area contributed by atoms with Crippen molar-refractivity contribution in [3.05, 3.63) is 82.9 Å². The zero-order chi connectivity index (χ0) is 33.4. The maximum atomic E-state index is 15.4. The van der Waals surface area contributed by atoms with Crippen molar-refractivity contribution in [1.82, 2.24) is 14.7 Å². The van der Waals surface area contributed by atoms with Gasteiger partial charge in [-0.1, -0.05) is 6.07 Å². The van der Waals surface area contributed by atoms with E-state index in [1.54, 1.807) is 25.1 Å². The highest BCUT2D eigenvalue weighted by Crippen LogP contribution is 2.54. The maximum absolute atomic E-state index is 15.4. The first kappa shape index (κ1) is 32.7. The second kappa shape index (κ2) is 12.6. The number of amides is 2. The van der Waals surface area contributed by atoms with E-state index in [0.29, 0.717) is 36.4 Å². The minimum absolute atomic E-state index is 0.0875. The smallest absolute Gasteiger partial charge is 0.410 e. The van der Waals surface area contributed by atoms with Crippen molar-refractivity contribution in [3.63, 3.8) is 0 Å². The Labute approximate surface area is 269 Å². The van der Waals surface area contributed by atoms with E-state index in [0.717, 1.165) is 9.87 Å². The summed E-state index contributed by atoms with van der Waals surface area (Å²) in [4.78, 5) is 33.1. The third-order valence-electron chi connectivity index (χ3n) is 8.21. The van der Waals surface area contributed by atoms with E-state index in [4.69, 9.17) is 14.2 Å². The van der Waals surface area contributed by atoms with E-state index in [9.17, 15) is 18.5 Å². The highest BCUT2D eigenvalue weighted by atomic mass is 32.2. The van der Waals surface area contributed by atoms with E-state index in [1.807, 2.05) is 31.1 Å². The van der Waals surface area contributed by atoms with Gasteiger partial charge in [-0.3, -0.25) is 4.79 Å². The Kier molecular flexibility index (Phi) is 8.99. The van der Waals surface area contributed by atoms with Crippen LogP contribution in [0.3, 0.4) is 0 Å². The van der Waals surface area contributed by atoms with Crippen LogP contribution >= 0.6 is 0 Å². The molecule has 0 saturated carbocycles. The molecule has 242 valence electrons. The first-order chi connectivity index (χ1) is 21.9. The van der Waals surface area contributed by atoms with Crippen LogP contribution in [0.5, 0.6) is 11.5 Å². The minimum atomic E-state index is -4.50. The molecule has 0 aromatic heterocycles. The van der Waals surface area contributed by atoms with E-state index < -0.39 is 33.8 Å². The number of ether oxygens (including phenoxy) is 3. The van der Waals surface area contributed by atoms with Crippen LogP contribution in [0.25, 0.3) is 0 Å². The van der Waals surface area contributed by atoms with E-state index in [1.165, 1.54) is 61.6 Å². The molecule has 1 unspecified atom stereocenters. The molecule has 2 amide bonds. The highest BCUT2D eigenvalue weighted by molar-refractivity contribution is 7.93. The molecule has 46 heavy (non-hydrogen) atoms. The molecule has 1 fully saturated rings. The number of hydrogen-bond acceptors (Lipinski definition) is 10. The Balaban J connectivity index is 1.85. The summed E-state index contributed by atoms with van der Waals surface area (Å²) >= 11 is 0. The van der Waals surface area contributed by atoms with Gasteiger partial charge in [-0.15, -0.1) is 0 Å². The molecule has 13 heteroatoms. The lowest BCUT2D eigenvalue weighted by Gasteiger charge is -2.41. The zero-order valence-corrected chi connectivity index (χ0v) is 27.5. The fraction of sp³-hybridized carbons (Fsp3) is 0.364. The fourth-order valence-electron chi connectivity index (χ4n) is 6.19. The minimum Gasteiger partial charge on any atom is -0.497 e.